The first-order valence-corrected chi connectivity index (χ1v) is 13.1. The molecule has 216 valence electrons. The molecule has 0 saturated carbocycles. The number of aryl methyl sites for hydroxylation is 1. The lowest BCUT2D eigenvalue weighted by Gasteiger charge is -2.25. The zero-order chi connectivity index (χ0) is 29.7. The van der Waals surface area contributed by atoms with Crippen molar-refractivity contribution in [1.82, 2.24) is 15.2 Å². The molecule has 1 aliphatic rings. The fourth-order valence-corrected chi connectivity index (χ4v) is 5.64. The fourth-order valence-electron chi connectivity index (χ4n) is 4.18. The number of aliphatic hydroxyl groups excluding tert-OH is 1. The topological polar surface area (TPSA) is 120 Å². The van der Waals surface area contributed by atoms with E-state index in [-0.39, 0.29) is 34.0 Å². The minimum Gasteiger partial charge on any atom is -0.406 e. The van der Waals surface area contributed by atoms with E-state index in [9.17, 15) is 39.9 Å². The average molecular weight is 600 g/mol. The maximum atomic E-state index is 13.8. The van der Waals surface area contributed by atoms with Crippen LogP contribution >= 0.6 is 0 Å². The number of aromatic amines is 1. The highest BCUT2D eigenvalue weighted by Crippen LogP contribution is 2.41. The summed E-state index contributed by atoms with van der Waals surface area (Å²) >= 11 is 0. The van der Waals surface area contributed by atoms with Crippen molar-refractivity contribution in [1.29, 1.82) is 0 Å². The molecular weight excluding hydrogens is 580 g/mol. The Morgan fingerprint density at radius 2 is 1.71 bits per heavy atom. The number of halogens is 6. The van der Waals surface area contributed by atoms with Crippen LogP contribution in [0.5, 0.6) is 5.75 Å². The molecule has 0 amide bonds. The van der Waals surface area contributed by atoms with Crippen LogP contribution in [0, 0.1) is 6.92 Å². The SMILES string of the molecule is Cc1cc(C(O)c2ccc3c(c2)N(S(=O)(=O)c2ccc(OC(F)(F)F)cc2)Cc2ccc(C(F)(F)F)nc2N3)n[nH]1. The van der Waals surface area contributed by atoms with E-state index in [1.807, 2.05) is 0 Å². The lowest BCUT2D eigenvalue weighted by molar-refractivity contribution is -0.274. The molecule has 9 nitrogen and oxygen atoms in total. The Kier molecular flexibility index (Phi) is 6.85. The van der Waals surface area contributed by atoms with Crippen LogP contribution in [-0.4, -0.2) is 35.1 Å². The van der Waals surface area contributed by atoms with Gasteiger partial charge >= 0.3 is 12.5 Å². The summed E-state index contributed by atoms with van der Waals surface area (Å²) in [5.74, 6) is -0.896. The van der Waals surface area contributed by atoms with Crippen LogP contribution in [0.4, 0.5) is 43.5 Å². The quantitative estimate of drug-likeness (QED) is 0.257. The van der Waals surface area contributed by atoms with E-state index < -0.39 is 51.5 Å². The van der Waals surface area contributed by atoms with Gasteiger partial charge < -0.3 is 15.2 Å². The molecule has 41 heavy (non-hydrogen) atoms. The molecule has 5 rings (SSSR count). The number of alkyl halides is 6. The zero-order valence-electron chi connectivity index (χ0n) is 20.7. The van der Waals surface area contributed by atoms with E-state index in [0.29, 0.717) is 11.8 Å². The molecule has 3 N–H and O–H groups in total. The van der Waals surface area contributed by atoms with Gasteiger partial charge in [-0.2, -0.15) is 18.3 Å². The highest BCUT2D eigenvalue weighted by atomic mass is 32.2. The molecule has 2 aromatic heterocycles. The lowest BCUT2D eigenvalue weighted by atomic mass is 10.0. The first kappa shape index (κ1) is 28.2. The number of nitrogens with one attached hydrogen (secondary N) is 2. The Morgan fingerprint density at radius 3 is 2.32 bits per heavy atom. The Morgan fingerprint density at radius 1 is 1.00 bits per heavy atom. The molecule has 0 spiro atoms. The number of ether oxygens (including phenoxy) is 1. The summed E-state index contributed by atoms with van der Waals surface area (Å²) in [6.45, 7) is 1.22. The number of aliphatic hydroxyl groups is 1. The van der Waals surface area contributed by atoms with Gasteiger partial charge in [-0.05, 0) is 61.0 Å². The van der Waals surface area contributed by atoms with Gasteiger partial charge in [-0.1, -0.05) is 12.1 Å². The molecule has 0 bridgehead atoms. The van der Waals surface area contributed by atoms with Gasteiger partial charge in [0.2, 0.25) is 0 Å². The highest BCUT2D eigenvalue weighted by Gasteiger charge is 2.36. The van der Waals surface area contributed by atoms with E-state index in [4.69, 9.17) is 0 Å². The molecule has 0 fully saturated rings. The van der Waals surface area contributed by atoms with Crippen molar-refractivity contribution >= 4 is 27.2 Å². The Hall–Kier alpha value is -4.31. The smallest absolute Gasteiger partial charge is 0.406 e. The largest absolute Gasteiger partial charge is 0.573 e. The average Bonchev–Trinajstić information content (AvgIpc) is 3.24. The third-order valence-electron chi connectivity index (χ3n) is 6.09. The molecular formula is C25H19F6N5O4S. The normalized spacial score (nSPS) is 14.5. The predicted molar refractivity (Wildman–Crippen MR) is 133 cm³/mol. The number of pyridine rings is 1. The molecule has 1 aliphatic heterocycles. The van der Waals surface area contributed by atoms with Gasteiger partial charge in [-0.15, -0.1) is 13.2 Å². The number of hydrogen-bond acceptors (Lipinski definition) is 7. The molecule has 4 aromatic rings. The lowest BCUT2D eigenvalue weighted by Crippen LogP contribution is -2.30. The van der Waals surface area contributed by atoms with Crippen molar-refractivity contribution in [3.05, 3.63) is 88.9 Å². The maximum absolute atomic E-state index is 13.8. The predicted octanol–water partition coefficient (Wildman–Crippen LogP) is 5.56. The van der Waals surface area contributed by atoms with Crippen LogP contribution in [-0.2, 0) is 22.7 Å². The van der Waals surface area contributed by atoms with Crippen LogP contribution < -0.4 is 14.4 Å². The van der Waals surface area contributed by atoms with Gasteiger partial charge in [0.15, 0.2) is 0 Å². The second-order valence-corrected chi connectivity index (χ2v) is 10.9. The number of benzene rings is 2. The van der Waals surface area contributed by atoms with Crippen LogP contribution in [0.3, 0.4) is 0 Å². The molecule has 2 aromatic carbocycles. The minimum atomic E-state index is -4.99. The van der Waals surface area contributed by atoms with Crippen molar-refractivity contribution in [3.8, 4) is 5.75 Å². The van der Waals surface area contributed by atoms with E-state index in [1.54, 1.807) is 13.0 Å². The van der Waals surface area contributed by atoms with Crippen molar-refractivity contribution in [3.63, 3.8) is 0 Å². The van der Waals surface area contributed by atoms with Crippen LogP contribution in [0.15, 0.2) is 65.6 Å². The van der Waals surface area contributed by atoms with Crippen molar-refractivity contribution in [2.24, 2.45) is 0 Å². The molecule has 1 unspecified atom stereocenters. The van der Waals surface area contributed by atoms with Crippen molar-refractivity contribution < 1.29 is 44.6 Å². The Balaban J connectivity index is 1.62. The summed E-state index contributed by atoms with van der Waals surface area (Å²) in [6.07, 6.45) is -11.1. The molecule has 16 heteroatoms. The Bertz CT molecular complexity index is 1700. The minimum absolute atomic E-state index is 0.0466. The van der Waals surface area contributed by atoms with Crippen LogP contribution in [0.25, 0.3) is 0 Å². The summed E-state index contributed by atoms with van der Waals surface area (Å²) in [4.78, 5) is 3.22. The monoisotopic (exact) mass is 599 g/mol. The summed E-state index contributed by atoms with van der Waals surface area (Å²) in [5, 5.41) is 20.3. The number of fused-ring (bicyclic) bond motifs is 2. The Labute approximate surface area is 228 Å². The summed E-state index contributed by atoms with van der Waals surface area (Å²) in [5.41, 5.74) is -0.0388. The molecule has 0 saturated heterocycles. The van der Waals surface area contributed by atoms with E-state index in [0.717, 1.165) is 34.6 Å². The third kappa shape index (κ3) is 5.78. The van der Waals surface area contributed by atoms with Gasteiger partial charge in [-0.3, -0.25) is 9.40 Å². The van der Waals surface area contributed by atoms with Crippen molar-refractivity contribution in [2.75, 3.05) is 9.62 Å². The van der Waals surface area contributed by atoms with Crippen LogP contribution in [0.2, 0.25) is 0 Å². The summed E-state index contributed by atoms with van der Waals surface area (Å²) in [7, 11) is -4.54. The van der Waals surface area contributed by atoms with Crippen molar-refractivity contribution in [2.45, 2.75) is 37.0 Å². The standard InChI is InChI=1S/C25H19F6N5O4S/c1-13-10-19(35-34-13)22(37)14-2-8-18-20(11-14)36(12-15-3-9-21(24(26,27)28)33-23(15)32-18)41(38,39)17-6-4-16(5-7-17)40-25(29,30)31/h2-11,22,37H,12H2,1H3,(H,32,33)(H,34,35). The highest BCUT2D eigenvalue weighted by molar-refractivity contribution is 7.92. The zero-order valence-corrected chi connectivity index (χ0v) is 21.6. The molecule has 1 atom stereocenters. The number of H-pyrrole nitrogens is 1. The number of anilines is 3. The van der Waals surface area contributed by atoms with E-state index in [1.165, 1.54) is 18.2 Å². The molecule has 0 aliphatic carbocycles. The summed E-state index contributed by atoms with van der Waals surface area (Å²) in [6, 6.07) is 11.0. The van der Waals surface area contributed by atoms with Gasteiger partial charge in [0.05, 0.1) is 28.5 Å². The second kappa shape index (κ2) is 9.95. The first-order chi connectivity index (χ1) is 19.1. The van der Waals surface area contributed by atoms with Gasteiger partial charge in [0.25, 0.3) is 10.0 Å². The summed E-state index contributed by atoms with van der Waals surface area (Å²) < 4.78 is 110. The van der Waals surface area contributed by atoms with Gasteiger partial charge in [0, 0.05) is 11.3 Å². The number of aromatic nitrogens is 3. The van der Waals surface area contributed by atoms with E-state index >= 15 is 0 Å². The molecule has 3 heterocycles. The third-order valence-corrected chi connectivity index (χ3v) is 7.87. The molecule has 0 radical (unpaired) electrons. The second-order valence-electron chi connectivity index (χ2n) is 9.01. The number of rotatable bonds is 5. The van der Waals surface area contributed by atoms with Crippen LogP contribution in [0.1, 0.15) is 34.3 Å². The van der Waals surface area contributed by atoms with Gasteiger partial charge in [-0.25, -0.2) is 13.4 Å². The first-order valence-electron chi connectivity index (χ1n) is 11.7. The number of sulfonamides is 1. The van der Waals surface area contributed by atoms with Gasteiger partial charge in [0.1, 0.15) is 23.4 Å². The maximum Gasteiger partial charge on any atom is 0.573 e. The van der Waals surface area contributed by atoms with E-state index in [2.05, 4.69) is 25.2 Å². The number of nitrogens with zero attached hydrogens (tertiary/aromatic N) is 3. The number of hydrogen-bond donors (Lipinski definition) is 3. The fraction of sp³-hybridized carbons (Fsp3) is 0.200.